The Morgan fingerprint density at radius 1 is 0.971 bits per heavy atom. The molecule has 0 saturated carbocycles. The van der Waals surface area contributed by atoms with Gasteiger partial charge in [0.25, 0.3) is 5.91 Å². The molecule has 4 rings (SSSR count). The third kappa shape index (κ3) is 5.54. The van der Waals surface area contributed by atoms with Gasteiger partial charge in [-0.3, -0.25) is 4.79 Å². The molecule has 4 aromatic rings. The number of nitrogens with one attached hydrogen (secondary N) is 1. The molecule has 4 aromatic carbocycles. The lowest BCUT2D eigenvalue weighted by atomic mass is 10.1. The highest BCUT2D eigenvalue weighted by Crippen LogP contribution is 2.27. The maximum absolute atomic E-state index is 12.8. The van der Waals surface area contributed by atoms with Gasteiger partial charge in [-0.1, -0.05) is 58.4 Å². The molecule has 0 aromatic heterocycles. The summed E-state index contributed by atoms with van der Waals surface area (Å²) in [6.45, 7) is 4.35. The second-order valence-electron chi connectivity index (χ2n) is 8.08. The predicted octanol–water partition coefficient (Wildman–Crippen LogP) is 7.34. The Bertz CT molecular complexity index is 1450. The number of amides is 1. The normalized spacial score (nSPS) is 11.2. The number of halogens is 1. The van der Waals surface area contributed by atoms with E-state index < -0.39 is 5.91 Å². The first kappa shape index (κ1) is 23.3. The predicted molar refractivity (Wildman–Crippen MR) is 141 cm³/mol. The molecule has 4 nitrogen and oxygen atoms in total. The molecule has 0 bridgehead atoms. The summed E-state index contributed by atoms with van der Waals surface area (Å²) >= 11 is 3.47. The van der Waals surface area contributed by atoms with E-state index in [4.69, 9.17) is 4.74 Å². The van der Waals surface area contributed by atoms with Gasteiger partial charge in [-0.2, -0.15) is 5.26 Å². The van der Waals surface area contributed by atoms with Gasteiger partial charge >= 0.3 is 0 Å². The minimum atomic E-state index is -0.466. The number of nitrogens with zero attached hydrogens (tertiary/aromatic N) is 1. The summed E-state index contributed by atoms with van der Waals surface area (Å²) in [4.78, 5) is 12.8. The summed E-state index contributed by atoms with van der Waals surface area (Å²) < 4.78 is 6.92. The second kappa shape index (κ2) is 10.4. The van der Waals surface area contributed by atoms with E-state index in [1.807, 2.05) is 74.5 Å². The largest absolute Gasteiger partial charge is 0.488 e. The first-order chi connectivity index (χ1) is 16.4. The van der Waals surface area contributed by atoms with Gasteiger partial charge in [0.1, 0.15) is 24.0 Å². The highest BCUT2D eigenvalue weighted by molar-refractivity contribution is 9.10. The summed E-state index contributed by atoms with van der Waals surface area (Å²) in [5, 5.41) is 14.8. The summed E-state index contributed by atoms with van der Waals surface area (Å²) in [7, 11) is 0. The molecule has 0 aliphatic heterocycles. The number of hydrogen-bond acceptors (Lipinski definition) is 3. The number of fused-ring (bicyclic) bond motifs is 1. The van der Waals surface area contributed by atoms with Crippen LogP contribution in [0.4, 0.5) is 5.69 Å². The van der Waals surface area contributed by atoms with Crippen LogP contribution in [-0.2, 0) is 11.4 Å². The minimum Gasteiger partial charge on any atom is -0.488 e. The van der Waals surface area contributed by atoms with E-state index in [9.17, 15) is 10.1 Å². The van der Waals surface area contributed by atoms with Crippen molar-refractivity contribution in [3.8, 4) is 11.8 Å². The zero-order valence-corrected chi connectivity index (χ0v) is 20.5. The van der Waals surface area contributed by atoms with E-state index in [-0.39, 0.29) is 5.57 Å². The highest BCUT2D eigenvalue weighted by atomic mass is 79.9. The van der Waals surface area contributed by atoms with Crippen molar-refractivity contribution in [2.24, 2.45) is 0 Å². The Morgan fingerprint density at radius 3 is 2.53 bits per heavy atom. The van der Waals surface area contributed by atoms with E-state index in [1.165, 1.54) is 5.39 Å². The number of carbonyl (C=O) groups excluding carboxylic acids is 1. The zero-order valence-electron chi connectivity index (χ0n) is 18.9. The number of hydrogen-bond donors (Lipinski definition) is 1. The Hall–Kier alpha value is -3.88. The van der Waals surface area contributed by atoms with Gasteiger partial charge in [0.2, 0.25) is 0 Å². The molecule has 0 heterocycles. The molecule has 0 radical (unpaired) electrons. The van der Waals surface area contributed by atoms with Crippen LogP contribution >= 0.6 is 15.9 Å². The average molecular weight is 511 g/mol. The molecule has 0 aliphatic rings. The topological polar surface area (TPSA) is 62.1 Å². The fourth-order valence-corrected chi connectivity index (χ4v) is 3.95. The van der Waals surface area contributed by atoms with Crippen molar-refractivity contribution >= 4 is 44.4 Å². The lowest BCUT2D eigenvalue weighted by molar-refractivity contribution is -0.112. The van der Waals surface area contributed by atoms with E-state index in [2.05, 4.69) is 45.5 Å². The lowest BCUT2D eigenvalue weighted by Crippen LogP contribution is -2.13. The summed E-state index contributed by atoms with van der Waals surface area (Å²) in [6, 6.07) is 27.6. The number of nitriles is 1. The number of anilines is 1. The quantitative estimate of drug-likeness (QED) is 0.218. The molecule has 0 atom stereocenters. The maximum Gasteiger partial charge on any atom is 0.266 e. The van der Waals surface area contributed by atoms with Crippen LogP contribution in [0.1, 0.15) is 22.3 Å². The zero-order chi connectivity index (χ0) is 24.1. The molecule has 0 spiro atoms. The molecule has 1 N–H and O–H groups in total. The third-order valence-corrected chi connectivity index (χ3v) is 6.10. The standard InChI is InChI=1S/C29H23BrN2O2/c1-19-7-11-27(13-20(19)2)32-29(33)25(17-31)15-24-16-26(30)10-12-28(24)34-18-21-8-9-22-5-3-4-6-23(22)14-21/h3-16H,18H2,1-2H3,(H,32,33)/b25-15+. The summed E-state index contributed by atoms with van der Waals surface area (Å²) in [5.74, 6) is 0.120. The Labute approximate surface area is 207 Å². The fourth-order valence-electron chi connectivity index (χ4n) is 3.57. The number of rotatable bonds is 6. The molecular formula is C29H23BrN2O2. The number of carbonyl (C=O) groups is 1. The van der Waals surface area contributed by atoms with Crippen molar-refractivity contribution < 1.29 is 9.53 Å². The van der Waals surface area contributed by atoms with E-state index in [1.54, 1.807) is 6.08 Å². The average Bonchev–Trinajstić information content (AvgIpc) is 2.84. The van der Waals surface area contributed by atoms with Crippen molar-refractivity contribution in [3.05, 3.63) is 111 Å². The van der Waals surface area contributed by atoms with Crippen LogP contribution in [0.2, 0.25) is 0 Å². The minimum absolute atomic E-state index is 0.00752. The highest BCUT2D eigenvalue weighted by Gasteiger charge is 2.13. The van der Waals surface area contributed by atoms with Gasteiger partial charge in [0.15, 0.2) is 0 Å². The third-order valence-electron chi connectivity index (χ3n) is 5.61. The van der Waals surface area contributed by atoms with Crippen LogP contribution < -0.4 is 10.1 Å². The molecule has 168 valence electrons. The summed E-state index contributed by atoms with van der Waals surface area (Å²) in [5.41, 5.74) is 4.52. The van der Waals surface area contributed by atoms with Crippen molar-refractivity contribution in [1.29, 1.82) is 5.26 Å². The fraction of sp³-hybridized carbons (Fsp3) is 0.103. The number of aryl methyl sites for hydroxylation is 2. The number of benzene rings is 4. The van der Waals surface area contributed by atoms with E-state index in [0.717, 1.165) is 26.5 Å². The van der Waals surface area contributed by atoms with Crippen molar-refractivity contribution in [1.82, 2.24) is 0 Å². The smallest absolute Gasteiger partial charge is 0.266 e. The molecule has 5 heteroatoms. The van der Waals surface area contributed by atoms with Crippen molar-refractivity contribution in [2.75, 3.05) is 5.32 Å². The lowest BCUT2D eigenvalue weighted by Gasteiger charge is -2.11. The van der Waals surface area contributed by atoms with Crippen LogP contribution in [0, 0.1) is 25.2 Å². The molecule has 34 heavy (non-hydrogen) atoms. The number of ether oxygens (including phenoxy) is 1. The van der Waals surface area contributed by atoms with Crippen LogP contribution in [-0.4, -0.2) is 5.91 Å². The maximum atomic E-state index is 12.8. The van der Waals surface area contributed by atoms with Gasteiger partial charge in [0, 0.05) is 15.7 Å². The molecule has 0 unspecified atom stereocenters. The molecule has 0 saturated heterocycles. The molecule has 1 amide bonds. The van der Waals surface area contributed by atoms with Crippen molar-refractivity contribution in [3.63, 3.8) is 0 Å². The Balaban J connectivity index is 1.56. The first-order valence-corrected chi connectivity index (χ1v) is 11.6. The Kier molecular flexibility index (Phi) is 7.10. The van der Waals surface area contributed by atoms with Gasteiger partial charge < -0.3 is 10.1 Å². The van der Waals surface area contributed by atoms with Gasteiger partial charge in [-0.25, -0.2) is 0 Å². The second-order valence-corrected chi connectivity index (χ2v) is 8.99. The van der Waals surface area contributed by atoms with Crippen LogP contribution in [0.15, 0.2) is 88.9 Å². The Morgan fingerprint density at radius 2 is 1.76 bits per heavy atom. The SMILES string of the molecule is Cc1ccc(NC(=O)/C(C#N)=C/c2cc(Br)ccc2OCc2ccc3ccccc3c2)cc1C. The van der Waals surface area contributed by atoms with Gasteiger partial charge in [-0.05, 0) is 83.8 Å². The first-order valence-electron chi connectivity index (χ1n) is 10.8. The molecule has 0 fully saturated rings. The van der Waals surface area contributed by atoms with Gasteiger partial charge in [-0.15, -0.1) is 0 Å². The summed E-state index contributed by atoms with van der Waals surface area (Å²) in [6.07, 6.45) is 1.55. The van der Waals surface area contributed by atoms with Crippen molar-refractivity contribution in [2.45, 2.75) is 20.5 Å². The van der Waals surface area contributed by atoms with Crippen LogP contribution in [0.25, 0.3) is 16.8 Å². The van der Waals surface area contributed by atoms with Crippen LogP contribution in [0.5, 0.6) is 5.75 Å². The van der Waals surface area contributed by atoms with Gasteiger partial charge in [0.05, 0.1) is 0 Å². The van der Waals surface area contributed by atoms with E-state index >= 15 is 0 Å². The molecule has 0 aliphatic carbocycles. The van der Waals surface area contributed by atoms with Crippen LogP contribution in [0.3, 0.4) is 0 Å². The monoisotopic (exact) mass is 510 g/mol. The molecular weight excluding hydrogens is 488 g/mol. The van der Waals surface area contributed by atoms with E-state index in [0.29, 0.717) is 23.6 Å².